The minimum Gasteiger partial charge on any atom is -0.399 e. The van der Waals surface area contributed by atoms with Gasteiger partial charge >= 0.3 is 0 Å². The van der Waals surface area contributed by atoms with E-state index in [4.69, 9.17) is 11.5 Å². The number of pyridine rings is 1. The predicted octanol–water partition coefficient (Wildman–Crippen LogP) is 2.58. The first-order valence-corrected chi connectivity index (χ1v) is 6.04. The van der Waals surface area contributed by atoms with Crippen LogP contribution in [0.25, 0.3) is 21.8 Å². The van der Waals surface area contributed by atoms with E-state index in [1.54, 1.807) is 18.2 Å². The monoisotopic (exact) mass is 281 g/mol. The van der Waals surface area contributed by atoms with E-state index >= 15 is 0 Å². The Morgan fingerprint density at radius 1 is 1.14 bits per heavy atom. The van der Waals surface area contributed by atoms with Crippen molar-refractivity contribution < 1.29 is 0 Å². The van der Waals surface area contributed by atoms with E-state index in [9.17, 15) is 9.70 Å². The lowest BCUT2D eigenvalue weighted by Crippen LogP contribution is -2.05. The molecule has 1 aromatic heterocycles. The molecule has 1 heterocycles. The number of nitrogen functional groups attached to an aromatic ring is 2. The third kappa shape index (κ3) is 1.75. The molecule has 0 atom stereocenters. The molecule has 0 amide bonds. The Labute approximate surface area is 118 Å². The van der Waals surface area contributed by atoms with Crippen molar-refractivity contribution in [2.75, 3.05) is 11.5 Å². The molecule has 0 radical (unpaired) electrons. The number of nitroso groups, excluding NO2 is 1. The molecule has 2 aromatic carbocycles. The molecule has 0 unspecified atom stereocenters. The molecule has 0 bridgehead atoms. The number of hydrogen-bond donors (Lipinski definition) is 3. The van der Waals surface area contributed by atoms with Crippen LogP contribution in [0.2, 0.25) is 0 Å². The van der Waals surface area contributed by atoms with Crippen molar-refractivity contribution >= 4 is 51.3 Å². The molecule has 0 saturated carbocycles. The molecule has 3 aromatic rings. The number of hydrogen-bond acceptors (Lipinski definition) is 6. The van der Waals surface area contributed by atoms with Gasteiger partial charge in [0.15, 0.2) is 5.43 Å². The van der Waals surface area contributed by atoms with Crippen LogP contribution in [0.1, 0.15) is 0 Å². The summed E-state index contributed by atoms with van der Waals surface area (Å²) in [6, 6.07) is 6.24. The van der Waals surface area contributed by atoms with E-state index in [0.29, 0.717) is 22.1 Å². The van der Waals surface area contributed by atoms with E-state index in [2.05, 4.69) is 21.9 Å². The number of aromatic nitrogens is 1. The molecule has 3 rings (SSSR count). The quantitative estimate of drug-likeness (QED) is 0.288. The van der Waals surface area contributed by atoms with Crippen molar-refractivity contribution in [3.05, 3.63) is 39.4 Å². The smallest absolute Gasteiger partial charge is 0.197 e. The summed E-state index contributed by atoms with van der Waals surface area (Å²) < 4.78 is 0. The number of nitrogens with two attached hydrogens (primary N) is 2. The van der Waals surface area contributed by atoms with Crippen LogP contribution in [0, 0.1) is 4.91 Å². The van der Waals surface area contributed by atoms with Gasteiger partial charge in [0, 0.05) is 11.1 Å². The number of aliphatic imine (C=N–C) groups is 1. The molecule has 104 valence electrons. The zero-order valence-electron chi connectivity index (χ0n) is 10.9. The normalized spacial score (nSPS) is 10.9. The average molecular weight is 281 g/mol. The summed E-state index contributed by atoms with van der Waals surface area (Å²) in [5.41, 5.74) is 13.0. The lowest BCUT2D eigenvalue weighted by molar-refractivity contribution is 1.43. The lowest BCUT2D eigenvalue weighted by Gasteiger charge is -2.09. The van der Waals surface area contributed by atoms with E-state index < -0.39 is 0 Å². The number of H-pyrrole nitrogens is 1. The predicted molar refractivity (Wildman–Crippen MR) is 85.6 cm³/mol. The molecule has 5 N–H and O–H groups in total. The van der Waals surface area contributed by atoms with E-state index in [1.807, 2.05) is 0 Å². The Kier molecular flexibility index (Phi) is 2.69. The molecule has 0 saturated heterocycles. The number of nitrogens with one attached hydrogen (secondary N) is 1. The van der Waals surface area contributed by atoms with E-state index in [1.165, 1.54) is 6.07 Å². The minimum atomic E-state index is -0.256. The summed E-state index contributed by atoms with van der Waals surface area (Å²) in [5.74, 6) is 0. The van der Waals surface area contributed by atoms with Crippen LogP contribution in [0.5, 0.6) is 0 Å². The highest BCUT2D eigenvalue weighted by atomic mass is 16.3. The highest BCUT2D eigenvalue weighted by molar-refractivity contribution is 6.05. The Hall–Kier alpha value is -3.22. The third-order valence-corrected chi connectivity index (χ3v) is 3.37. The van der Waals surface area contributed by atoms with Crippen LogP contribution in [0.3, 0.4) is 0 Å². The molecule has 21 heavy (non-hydrogen) atoms. The van der Waals surface area contributed by atoms with Gasteiger partial charge in [-0.15, -0.1) is 4.91 Å². The van der Waals surface area contributed by atoms with Crippen molar-refractivity contribution in [1.29, 1.82) is 0 Å². The van der Waals surface area contributed by atoms with Crippen molar-refractivity contribution in [1.82, 2.24) is 4.98 Å². The van der Waals surface area contributed by atoms with Crippen molar-refractivity contribution in [3.8, 4) is 0 Å². The number of rotatable bonds is 2. The minimum absolute atomic E-state index is 0.0369. The van der Waals surface area contributed by atoms with Crippen LogP contribution in [-0.2, 0) is 0 Å². The van der Waals surface area contributed by atoms with Crippen molar-refractivity contribution in [2.24, 2.45) is 10.2 Å². The summed E-state index contributed by atoms with van der Waals surface area (Å²) in [6.45, 7) is 3.42. The fraction of sp³-hybridized carbons (Fsp3) is 0. The molecule has 0 spiro atoms. The largest absolute Gasteiger partial charge is 0.399 e. The van der Waals surface area contributed by atoms with Crippen LogP contribution < -0.4 is 16.9 Å². The van der Waals surface area contributed by atoms with Crippen LogP contribution in [-0.4, -0.2) is 11.7 Å². The molecule has 7 heteroatoms. The Bertz CT molecular complexity index is 975. The van der Waals surface area contributed by atoms with Gasteiger partial charge in [-0.05, 0) is 36.2 Å². The SMILES string of the molecule is C=Nc1c(N)c(N=O)cc2c(=O)c3ccc(N)cc3[nH]c12. The summed E-state index contributed by atoms with van der Waals surface area (Å²) >= 11 is 0. The van der Waals surface area contributed by atoms with E-state index in [0.717, 1.165) is 0 Å². The van der Waals surface area contributed by atoms with Crippen LogP contribution in [0.15, 0.2) is 39.2 Å². The first-order valence-electron chi connectivity index (χ1n) is 6.04. The van der Waals surface area contributed by atoms with Gasteiger partial charge in [-0.2, -0.15) is 0 Å². The average Bonchev–Trinajstić information content (AvgIpc) is 2.47. The highest BCUT2D eigenvalue weighted by Crippen LogP contribution is 2.38. The van der Waals surface area contributed by atoms with Gasteiger partial charge in [0.1, 0.15) is 11.4 Å². The van der Waals surface area contributed by atoms with Crippen LogP contribution >= 0.6 is 0 Å². The molecule has 0 aliphatic heterocycles. The fourth-order valence-electron chi connectivity index (χ4n) is 2.36. The summed E-state index contributed by atoms with van der Waals surface area (Å²) in [6.07, 6.45) is 0. The molecule has 7 nitrogen and oxygen atoms in total. The van der Waals surface area contributed by atoms with Crippen molar-refractivity contribution in [2.45, 2.75) is 0 Å². The van der Waals surface area contributed by atoms with Crippen molar-refractivity contribution in [3.63, 3.8) is 0 Å². The Morgan fingerprint density at radius 2 is 1.90 bits per heavy atom. The number of anilines is 2. The maximum Gasteiger partial charge on any atom is 0.197 e. The van der Waals surface area contributed by atoms with Gasteiger partial charge in [0.05, 0.1) is 22.1 Å². The van der Waals surface area contributed by atoms with Crippen LogP contribution in [0.4, 0.5) is 22.7 Å². The number of fused-ring (bicyclic) bond motifs is 2. The molecule has 0 fully saturated rings. The summed E-state index contributed by atoms with van der Waals surface area (Å²) in [5, 5.41) is 3.56. The van der Waals surface area contributed by atoms with Gasteiger partial charge in [-0.3, -0.25) is 9.79 Å². The molecular formula is C14H11N5O2. The third-order valence-electron chi connectivity index (χ3n) is 3.37. The van der Waals surface area contributed by atoms with Gasteiger partial charge in [0.25, 0.3) is 0 Å². The van der Waals surface area contributed by atoms with Gasteiger partial charge in [0.2, 0.25) is 0 Å². The zero-order chi connectivity index (χ0) is 15.1. The first kappa shape index (κ1) is 12.8. The Balaban J connectivity index is 2.63. The number of benzene rings is 2. The first-order chi connectivity index (χ1) is 10.1. The number of aromatic amines is 1. The highest BCUT2D eigenvalue weighted by Gasteiger charge is 2.15. The van der Waals surface area contributed by atoms with Gasteiger partial charge < -0.3 is 16.5 Å². The second kappa shape index (κ2) is 4.41. The van der Waals surface area contributed by atoms with Gasteiger partial charge in [-0.1, -0.05) is 0 Å². The maximum absolute atomic E-state index is 12.5. The van der Waals surface area contributed by atoms with E-state index in [-0.39, 0.29) is 27.9 Å². The molecule has 0 aliphatic rings. The standard InChI is InChI=1S/C14H11N5O2/c1-17-13-11(16)10(19-21)5-8-12(13)18-9-4-6(15)2-3-7(9)14(8)20/h2-5H,1,15-16H2,(H,18,20). The number of nitrogens with zero attached hydrogens (tertiary/aromatic N) is 2. The lowest BCUT2D eigenvalue weighted by atomic mass is 10.1. The molecular weight excluding hydrogens is 270 g/mol. The second-order valence-electron chi connectivity index (χ2n) is 4.59. The zero-order valence-corrected chi connectivity index (χ0v) is 10.9. The molecule has 0 aliphatic carbocycles. The topological polar surface area (TPSA) is 127 Å². The Morgan fingerprint density at radius 3 is 2.57 bits per heavy atom. The fourth-order valence-corrected chi connectivity index (χ4v) is 2.36. The summed E-state index contributed by atoms with van der Waals surface area (Å²) in [4.78, 5) is 30.2. The second-order valence-corrected chi connectivity index (χ2v) is 4.59. The summed E-state index contributed by atoms with van der Waals surface area (Å²) in [7, 11) is 0. The maximum atomic E-state index is 12.5. The van der Waals surface area contributed by atoms with Gasteiger partial charge in [-0.25, -0.2) is 0 Å².